The van der Waals surface area contributed by atoms with Gasteiger partial charge < -0.3 is 10.2 Å². The molecule has 1 fully saturated rings. The van der Waals surface area contributed by atoms with Gasteiger partial charge in [-0.25, -0.2) is 0 Å². The van der Waals surface area contributed by atoms with Gasteiger partial charge in [-0.05, 0) is 56.3 Å². The van der Waals surface area contributed by atoms with Crippen LogP contribution < -0.4 is 5.32 Å². The van der Waals surface area contributed by atoms with Crippen molar-refractivity contribution in [3.63, 3.8) is 0 Å². The minimum atomic E-state index is 0.528. The van der Waals surface area contributed by atoms with Crippen LogP contribution in [0.3, 0.4) is 0 Å². The van der Waals surface area contributed by atoms with Gasteiger partial charge in [-0.3, -0.25) is 0 Å². The predicted octanol–water partition coefficient (Wildman–Crippen LogP) is 2.99. The maximum absolute atomic E-state index is 3.77. The van der Waals surface area contributed by atoms with Gasteiger partial charge in [0.25, 0.3) is 0 Å². The highest BCUT2D eigenvalue weighted by molar-refractivity contribution is 5.37. The van der Waals surface area contributed by atoms with E-state index in [1.54, 1.807) is 5.56 Å². The summed E-state index contributed by atoms with van der Waals surface area (Å²) in [6, 6.07) is 10.2. The highest BCUT2D eigenvalue weighted by Gasteiger charge is 2.36. The number of hydrogen-bond donors (Lipinski definition) is 1. The normalized spacial score (nSPS) is 25.8. The van der Waals surface area contributed by atoms with E-state index in [0.29, 0.717) is 12.1 Å². The van der Waals surface area contributed by atoms with Crippen LogP contribution in [-0.2, 0) is 6.42 Å². The average molecular weight is 258 g/mol. The third-order valence-electron chi connectivity index (χ3n) is 4.63. The van der Waals surface area contributed by atoms with Gasteiger partial charge in [0.15, 0.2) is 0 Å². The highest BCUT2D eigenvalue weighted by atomic mass is 15.2. The Kier molecular flexibility index (Phi) is 3.90. The van der Waals surface area contributed by atoms with Crippen molar-refractivity contribution in [1.29, 1.82) is 0 Å². The Bertz CT molecular complexity index is 425. The molecule has 0 aliphatic heterocycles. The van der Waals surface area contributed by atoms with Gasteiger partial charge in [0.2, 0.25) is 0 Å². The molecule has 2 aliphatic rings. The van der Waals surface area contributed by atoms with E-state index in [0.717, 1.165) is 12.5 Å². The van der Waals surface area contributed by atoms with E-state index in [4.69, 9.17) is 0 Å². The van der Waals surface area contributed by atoms with Gasteiger partial charge in [0, 0.05) is 18.6 Å². The van der Waals surface area contributed by atoms with Gasteiger partial charge in [-0.2, -0.15) is 0 Å². The molecule has 3 rings (SSSR count). The fraction of sp³-hybridized carbons (Fsp3) is 0.647. The number of likely N-dealkylation sites (N-methyl/N-ethyl adjacent to an activating group) is 1. The lowest BCUT2D eigenvalue weighted by Gasteiger charge is -2.30. The molecule has 1 aromatic carbocycles. The fourth-order valence-corrected chi connectivity index (χ4v) is 3.37. The maximum atomic E-state index is 3.77. The zero-order valence-electron chi connectivity index (χ0n) is 12.2. The molecule has 104 valence electrons. The summed E-state index contributed by atoms with van der Waals surface area (Å²) >= 11 is 0. The van der Waals surface area contributed by atoms with Crippen molar-refractivity contribution in [3.8, 4) is 0 Å². The van der Waals surface area contributed by atoms with E-state index in [-0.39, 0.29) is 0 Å². The fourth-order valence-electron chi connectivity index (χ4n) is 3.37. The first-order valence-corrected chi connectivity index (χ1v) is 7.81. The summed E-state index contributed by atoms with van der Waals surface area (Å²) in [6.45, 7) is 4.65. The molecule has 2 unspecified atom stereocenters. The largest absolute Gasteiger partial charge is 0.309 e. The molecule has 0 radical (unpaired) electrons. The van der Waals surface area contributed by atoms with E-state index in [9.17, 15) is 0 Å². The van der Waals surface area contributed by atoms with Gasteiger partial charge in [-0.15, -0.1) is 0 Å². The zero-order valence-corrected chi connectivity index (χ0v) is 12.2. The summed E-state index contributed by atoms with van der Waals surface area (Å²) in [4.78, 5) is 2.60. The van der Waals surface area contributed by atoms with Crippen molar-refractivity contribution in [2.45, 2.75) is 44.7 Å². The minimum absolute atomic E-state index is 0.528. The summed E-state index contributed by atoms with van der Waals surface area (Å²) in [5.74, 6) is 0.973. The van der Waals surface area contributed by atoms with Crippen molar-refractivity contribution in [1.82, 2.24) is 10.2 Å². The van der Waals surface area contributed by atoms with Crippen LogP contribution >= 0.6 is 0 Å². The molecule has 0 aromatic heterocycles. The molecule has 1 N–H and O–H groups in total. The Balaban J connectivity index is 1.75. The maximum Gasteiger partial charge on any atom is 0.0484 e. The minimum Gasteiger partial charge on any atom is -0.309 e. The van der Waals surface area contributed by atoms with E-state index in [1.807, 2.05) is 0 Å². The Morgan fingerprint density at radius 2 is 2.05 bits per heavy atom. The first kappa shape index (κ1) is 13.1. The summed E-state index contributed by atoms with van der Waals surface area (Å²) in [7, 11) is 2.31. The van der Waals surface area contributed by atoms with Crippen LogP contribution in [0.15, 0.2) is 24.3 Å². The third kappa shape index (κ3) is 2.85. The molecule has 19 heavy (non-hydrogen) atoms. The number of nitrogens with one attached hydrogen (secondary N) is 1. The summed E-state index contributed by atoms with van der Waals surface area (Å²) < 4.78 is 0. The number of hydrogen-bond acceptors (Lipinski definition) is 2. The molecule has 1 saturated carbocycles. The molecule has 0 saturated heterocycles. The SMILES string of the molecule is CCCNC1c2ccccc2CC1N(C)CC1CC1. The topological polar surface area (TPSA) is 15.3 Å². The van der Waals surface area contributed by atoms with E-state index in [1.165, 1.54) is 37.8 Å². The van der Waals surface area contributed by atoms with Crippen LogP contribution in [0.5, 0.6) is 0 Å². The van der Waals surface area contributed by atoms with Crippen molar-refractivity contribution in [2.75, 3.05) is 20.1 Å². The first-order valence-electron chi connectivity index (χ1n) is 7.81. The molecular weight excluding hydrogens is 232 g/mol. The number of rotatable bonds is 6. The summed E-state index contributed by atoms with van der Waals surface area (Å²) in [5, 5.41) is 3.77. The lowest BCUT2D eigenvalue weighted by Crippen LogP contribution is -2.42. The van der Waals surface area contributed by atoms with Crippen LogP contribution in [0, 0.1) is 5.92 Å². The van der Waals surface area contributed by atoms with E-state index >= 15 is 0 Å². The number of nitrogens with zero attached hydrogens (tertiary/aromatic N) is 1. The average Bonchev–Trinajstić information content (AvgIpc) is 3.15. The van der Waals surface area contributed by atoms with E-state index < -0.39 is 0 Å². The van der Waals surface area contributed by atoms with Crippen LogP contribution in [0.1, 0.15) is 43.4 Å². The molecule has 2 nitrogen and oxygen atoms in total. The lowest BCUT2D eigenvalue weighted by molar-refractivity contribution is 0.197. The summed E-state index contributed by atoms with van der Waals surface area (Å²) in [5.41, 5.74) is 3.08. The Hall–Kier alpha value is -0.860. The quantitative estimate of drug-likeness (QED) is 0.844. The molecule has 0 spiro atoms. The highest BCUT2D eigenvalue weighted by Crippen LogP contribution is 2.36. The van der Waals surface area contributed by atoms with Gasteiger partial charge in [0.1, 0.15) is 0 Å². The van der Waals surface area contributed by atoms with Crippen molar-refractivity contribution in [2.24, 2.45) is 5.92 Å². The van der Waals surface area contributed by atoms with Crippen molar-refractivity contribution < 1.29 is 0 Å². The van der Waals surface area contributed by atoms with E-state index in [2.05, 4.69) is 48.5 Å². The monoisotopic (exact) mass is 258 g/mol. The van der Waals surface area contributed by atoms with Gasteiger partial charge in [0.05, 0.1) is 0 Å². The van der Waals surface area contributed by atoms with Crippen molar-refractivity contribution >= 4 is 0 Å². The molecule has 1 aromatic rings. The Morgan fingerprint density at radius 3 is 2.79 bits per heavy atom. The molecule has 2 atom stereocenters. The Morgan fingerprint density at radius 1 is 1.26 bits per heavy atom. The second-order valence-electron chi connectivity index (χ2n) is 6.29. The standard InChI is InChI=1S/C17H26N2/c1-3-10-18-17-15-7-5-4-6-14(15)11-16(17)19(2)12-13-8-9-13/h4-7,13,16-18H,3,8-12H2,1-2H3. The van der Waals surface area contributed by atoms with Gasteiger partial charge >= 0.3 is 0 Å². The first-order chi connectivity index (χ1) is 9.29. The summed E-state index contributed by atoms with van der Waals surface area (Å²) in [6.07, 6.45) is 5.30. The smallest absolute Gasteiger partial charge is 0.0484 e. The molecule has 2 heteroatoms. The van der Waals surface area contributed by atoms with Crippen molar-refractivity contribution in [3.05, 3.63) is 35.4 Å². The predicted molar refractivity (Wildman–Crippen MR) is 80.3 cm³/mol. The Labute approximate surface area is 117 Å². The molecule has 0 heterocycles. The molecule has 0 amide bonds. The second-order valence-corrected chi connectivity index (χ2v) is 6.29. The molecule has 2 aliphatic carbocycles. The third-order valence-corrected chi connectivity index (χ3v) is 4.63. The van der Waals surface area contributed by atoms with Gasteiger partial charge in [-0.1, -0.05) is 31.2 Å². The van der Waals surface area contributed by atoms with Crippen LogP contribution in [0.25, 0.3) is 0 Å². The number of fused-ring (bicyclic) bond motifs is 1. The molecule has 0 bridgehead atoms. The van der Waals surface area contributed by atoms with Crippen LogP contribution in [0.4, 0.5) is 0 Å². The zero-order chi connectivity index (χ0) is 13.2. The van der Waals surface area contributed by atoms with Crippen LogP contribution in [0.2, 0.25) is 0 Å². The molecular formula is C17H26N2. The van der Waals surface area contributed by atoms with Crippen LogP contribution in [-0.4, -0.2) is 31.1 Å². The number of benzene rings is 1. The second kappa shape index (κ2) is 5.64. The lowest BCUT2D eigenvalue weighted by atomic mass is 10.1.